The van der Waals surface area contributed by atoms with Crippen LogP contribution in [-0.2, 0) is 6.54 Å². The van der Waals surface area contributed by atoms with Gasteiger partial charge in [0.25, 0.3) is 11.6 Å². The summed E-state index contributed by atoms with van der Waals surface area (Å²) in [4.78, 5) is 33.2. The van der Waals surface area contributed by atoms with E-state index in [1.165, 1.54) is 17.0 Å². The molecule has 1 aromatic carbocycles. The van der Waals surface area contributed by atoms with Crippen LogP contribution < -0.4 is 0 Å². The third kappa shape index (κ3) is 3.96. The van der Waals surface area contributed by atoms with Crippen LogP contribution in [0.2, 0.25) is 0 Å². The van der Waals surface area contributed by atoms with Gasteiger partial charge in [-0.3, -0.25) is 19.8 Å². The molecule has 9 heteroatoms. The van der Waals surface area contributed by atoms with Crippen LogP contribution in [0.3, 0.4) is 0 Å². The number of thiophene rings is 1. The van der Waals surface area contributed by atoms with Crippen molar-refractivity contribution in [1.29, 1.82) is 0 Å². The highest BCUT2D eigenvalue weighted by Crippen LogP contribution is 2.27. The number of amides is 1. The number of hydrogen-bond donors (Lipinski definition) is 0. The molecule has 1 aliphatic rings. The molecule has 1 fully saturated rings. The predicted octanol–water partition coefficient (Wildman–Crippen LogP) is 3.74. The van der Waals surface area contributed by atoms with Gasteiger partial charge in [-0.05, 0) is 17.5 Å². The summed E-state index contributed by atoms with van der Waals surface area (Å²) < 4.78 is 0. The van der Waals surface area contributed by atoms with Crippen molar-refractivity contribution in [2.75, 3.05) is 26.2 Å². The molecule has 3 aromatic rings. The lowest BCUT2D eigenvalue weighted by Gasteiger charge is -2.34. The summed E-state index contributed by atoms with van der Waals surface area (Å²) in [6.07, 6.45) is 0. The highest BCUT2D eigenvalue weighted by atomic mass is 32.1. The average Bonchev–Trinajstić information content (AvgIpc) is 3.40. The Morgan fingerprint density at radius 1 is 1.11 bits per heavy atom. The first kappa shape index (κ1) is 18.7. The fraction of sp³-hybridized carbons (Fsp3) is 0.263. The van der Waals surface area contributed by atoms with Gasteiger partial charge < -0.3 is 4.90 Å². The Morgan fingerprint density at radius 3 is 2.61 bits per heavy atom. The van der Waals surface area contributed by atoms with Crippen LogP contribution in [0.5, 0.6) is 0 Å². The molecule has 0 atom stereocenters. The number of piperazine rings is 1. The third-order valence-corrected chi connectivity index (χ3v) is 6.40. The molecule has 0 bridgehead atoms. The van der Waals surface area contributed by atoms with Gasteiger partial charge in [-0.15, -0.1) is 22.7 Å². The van der Waals surface area contributed by atoms with Crippen molar-refractivity contribution >= 4 is 34.3 Å². The van der Waals surface area contributed by atoms with Crippen molar-refractivity contribution in [1.82, 2.24) is 14.8 Å². The number of nitro benzene ring substituents is 1. The molecule has 28 heavy (non-hydrogen) atoms. The second-order valence-corrected chi connectivity index (χ2v) is 8.34. The van der Waals surface area contributed by atoms with Gasteiger partial charge in [0, 0.05) is 37.6 Å². The Morgan fingerprint density at radius 2 is 1.89 bits per heavy atom. The maximum Gasteiger partial charge on any atom is 0.282 e. The van der Waals surface area contributed by atoms with Crippen molar-refractivity contribution in [2.24, 2.45) is 0 Å². The van der Waals surface area contributed by atoms with Gasteiger partial charge in [-0.1, -0.05) is 18.2 Å². The molecular formula is C19H18N4O3S2. The smallest absolute Gasteiger partial charge is 0.282 e. The topological polar surface area (TPSA) is 79.6 Å². The van der Waals surface area contributed by atoms with Crippen LogP contribution in [0.1, 0.15) is 15.4 Å². The first-order chi connectivity index (χ1) is 13.6. The molecule has 1 aliphatic heterocycles. The minimum atomic E-state index is -0.503. The van der Waals surface area contributed by atoms with E-state index < -0.39 is 4.92 Å². The van der Waals surface area contributed by atoms with Gasteiger partial charge in [-0.25, -0.2) is 4.98 Å². The largest absolute Gasteiger partial charge is 0.336 e. The summed E-state index contributed by atoms with van der Waals surface area (Å²) in [6.45, 7) is 3.30. The van der Waals surface area contributed by atoms with Crippen molar-refractivity contribution < 1.29 is 9.72 Å². The van der Waals surface area contributed by atoms with Crippen LogP contribution >= 0.6 is 22.7 Å². The Hall–Kier alpha value is -2.62. The number of carbonyl (C=O) groups is 1. The molecule has 1 amide bonds. The molecule has 0 saturated carbocycles. The van der Waals surface area contributed by atoms with Gasteiger partial charge in [0.15, 0.2) is 0 Å². The summed E-state index contributed by atoms with van der Waals surface area (Å²) in [5.41, 5.74) is 1.03. The van der Waals surface area contributed by atoms with Gasteiger partial charge in [0.2, 0.25) is 0 Å². The standard InChI is InChI=1S/C19H18N4O3S2/c24-19(14-4-1-2-5-16(14)23(25)26)22-9-7-21(8-10-22)12-18-20-15(13-28-18)17-6-3-11-27-17/h1-6,11,13H,7-10,12H2. The number of nitro groups is 1. The van der Waals surface area contributed by atoms with E-state index in [9.17, 15) is 14.9 Å². The minimum Gasteiger partial charge on any atom is -0.336 e. The first-order valence-electron chi connectivity index (χ1n) is 8.85. The maximum atomic E-state index is 12.7. The van der Waals surface area contributed by atoms with Crippen LogP contribution in [0, 0.1) is 10.1 Å². The van der Waals surface area contributed by atoms with E-state index in [0.717, 1.165) is 30.3 Å². The van der Waals surface area contributed by atoms with Crippen LogP contribution in [0.15, 0.2) is 47.2 Å². The zero-order valence-corrected chi connectivity index (χ0v) is 16.6. The lowest BCUT2D eigenvalue weighted by atomic mass is 10.1. The number of carbonyl (C=O) groups excluding carboxylic acids is 1. The molecule has 3 heterocycles. The molecule has 0 radical (unpaired) electrons. The molecule has 2 aromatic heterocycles. The number of aromatic nitrogens is 1. The molecule has 4 rings (SSSR count). The van der Waals surface area contributed by atoms with E-state index in [1.54, 1.807) is 39.7 Å². The second kappa shape index (κ2) is 8.17. The number of rotatable bonds is 5. The number of hydrogen-bond acceptors (Lipinski definition) is 7. The molecule has 0 unspecified atom stereocenters. The van der Waals surface area contributed by atoms with E-state index >= 15 is 0 Å². The minimum absolute atomic E-state index is 0.140. The highest BCUT2D eigenvalue weighted by molar-refractivity contribution is 7.14. The van der Waals surface area contributed by atoms with Gasteiger partial charge >= 0.3 is 0 Å². The number of nitrogens with zero attached hydrogens (tertiary/aromatic N) is 4. The normalized spacial score (nSPS) is 14.9. The van der Waals surface area contributed by atoms with Crippen molar-refractivity contribution in [3.05, 3.63) is 67.8 Å². The first-order valence-corrected chi connectivity index (χ1v) is 10.6. The van der Waals surface area contributed by atoms with E-state index in [2.05, 4.69) is 16.3 Å². The van der Waals surface area contributed by atoms with Crippen LogP contribution in [-0.4, -0.2) is 51.8 Å². The summed E-state index contributed by atoms with van der Waals surface area (Å²) in [5.74, 6) is -0.277. The zero-order valence-electron chi connectivity index (χ0n) is 15.0. The average molecular weight is 415 g/mol. The van der Waals surface area contributed by atoms with Gasteiger partial charge in [0.1, 0.15) is 10.6 Å². The van der Waals surface area contributed by atoms with Gasteiger partial charge in [-0.2, -0.15) is 0 Å². The number of thiazole rings is 1. The summed E-state index contributed by atoms with van der Waals surface area (Å²) in [7, 11) is 0. The molecule has 7 nitrogen and oxygen atoms in total. The van der Waals surface area contributed by atoms with E-state index in [0.29, 0.717) is 13.1 Å². The third-order valence-electron chi connectivity index (χ3n) is 4.67. The molecule has 0 spiro atoms. The number of benzene rings is 1. The Kier molecular flexibility index (Phi) is 5.47. The summed E-state index contributed by atoms with van der Waals surface area (Å²) in [5, 5.41) is 16.4. The van der Waals surface area contributed by atoms with E-state index in [-0.39, 0.29) is 17.2 Å². The van der Waals surface area contributed by atoms with Crippen molar-refractivity contribution in [2.45, 2.75) is 6.54 Å². The fourth-order valence-electron chi connectivity index (χ4n) is 3.21. The highest BCUT2D eigenvalue weighted by Gasteiger charge is 2.27. The summed E-state index contributed by atoms with van der Waals surface area (Å²) >= 11 is 3.33. The predicted molar refractivity (Wildman–Crippen MR) is 110 cm³/mol. The zero-order chi connectivity index (χ0) is 19.5. The molecule has 0 aliphatic carbocycles. The molecular weight excluding hydrogens is 396 g/mol. The monoisotopic (exact) mass is 414 g/mol. The van der Waals surface area contributed by atoms with E-state index in [4.69, 9.17) is 4.98 Å². The Balaban J connectivity index is 1.36. The maximum absolute atomic E-state index is 12.7. The van der Waals surface area contributed by atoms with Crippen molar-refractivity contribution in [3.8, 4) is 10.6 Å². The fourth-order valence-corrected chi connectivity index (χ4v) is 4.80. The van der Waals surface area contributed by atoms with Gasteiger partial charge in [0.05, 0.1) is 22.0 Å². The lowest BCUT2D eigenvalue weighted by molar-refractivity contribution is -0.385. The van der Waals surface area contributed by atoms with Crippen LogP contribution in [0.25, 0.3) is 10.6 Å². The summed E-state index contributed by atoms with van der Waals surface area (Å²) in [6, 6.07) is 10.2. The Labute approximate surface area is 170 Å². The SMILES string of the molecule is O=C(c1ccccc1[N+](=O)[O-])N1CCN(Cc2nc(-c3cccs3)cs2)CC1. The van der Waals surface area contributed by atoms with Crippen molar-refractivity contribution in [3.63, 3.8) is 0 Å². The lowest BCUT2D eigenvalue weighted by Crippen LogP contribution is -2.48. The quantitative estimate of drug-likeness (QED) is 0.469. The molecule has 0 N–H and O–H groups in total. The van der Waals surface area contributed by atoms with Crippen LogP contribution in [0.4, 0.5) is 5.69 Å². The number of para-hydroxylation sites is 1. The molecule has 144 valence electrons. The van der Waals surface area contributed by atoms with E-state index in [1.807, 2.05) is 11.4 Å². The Bertz CT molecular complexity index is 979. The molecule has 1 saturated heterocycles. The second-order valence-electron chi connectivity index (χ2n) is 6.45.